The quantitative estimate of drug-likeness (QED) is 0.512. The fraction of sp³-hybridized carbons (Fsp3) is 0.348. The predicted octanol–water partition coefficient (Wildman–Crippen LogP) is 3.96. The molecule has 0 radical (unpaired) electrons. The van der Waals surface area contributed by atoms with E-state index in [1.54, 1.807) is 13.2 Å². The summed E-state index contributed by atoms with van der Waals surface area (Å²) in [5.74, 6) is 0.770. The number of carbonyl (C=O) groups is 1. The summed E-state index contributed by atoms with van der Waals surface area (Å²) >= 11 is 0. The Balaban J connectivity index is 1.67. The van der Waals surface area contributed by atoms with Gasteiger partial charge in [0.05, 0.1) is 26.9 Å². The van der Waals surface area contributed by atoms with E-state index in [9.17, 15) is 4.79 Å². The number of benzene rings is 2. The van der Waals surface area contributed by atoms with Gasteiger partial charge in [-0.3, -0.25) is 4.79 Å². The third-order valence-electron chi connectivity index (χ3n) is 4.72. The molecule has 0 N–H and O–H groups in total. The lowest BCUT2D eigenvalue weighted by molar-refractivity contribution is 0.104. The van der Waals surface area contributed by atoms with Crippen LogP contribution in [0.3, 0.4) is 0 Å². The molecule has 0 atom stereocenters. The minimum atomic E-state index is -0.0179. The van der Waals surface area contributed by atoms with Crippen molar-refractivity contribution in [1.29, 1.82) is 0 Å². The van der Waals surface area contributed by atoms with Crippen LogP contribution >= 0.6 is 0 Å². The van der Waals surface area contributed by atoms with Crippen molar-refractivity contribution in [3.63, 3.8) is 0 Å². The first kappa shape index (κ1) is 20.1. The van der Waals surface area contributed by atoms with Gasteiger partial charge in [-0.15, -0.1) is 0 Å². The highest BCUT2D eigenvalue weighted by Gasteiger charge is 2.11. The lowest BCUT2D eigenvalue weighted by atomic mass is 10.1. The minimum absolute atomic E-state index is 0.0179. The molecule has 0 aliphatic carbocycles. The molecule has 148 valence electrons. The van der Waals surface area contributed by atoms with E-state index in [-0.39, 0.29) is 5.78 Å². The van der Waals surface area contributed by atoms with Gasteiger partial charge in [0.15, 0.2) is 5.78 Å². The van der Waals surface area contributed by atoms with Gasteiger partial charge in [0.25, 0.3) is 0 Å². The van der Waals surface area contributed by atoms with Gasteiger partial charge in [-0.2, -0.15) is 0 Å². The molecule has 0 aromatic heterocycles. The lowest BCUT2D eigenvalue weighted by Gasteiger charge is -2.28. The summed E-state index contributed by atoms with van der Waals surface area (Å²) in [7, 11) is 1.64. The standard InChI is InChI=1S/C23H27NO4/c1-3-27-17-20-16-18(5-11-23(20)26-2)4-10-22(25)19-6-8-21(9-7-19)24-12-14-28-15-13-24/h4-11,16H,3,12-15,17H2,1-2H3/b10-4+. The smallest absolute Gasteiger partial charge is 0.185 e. The zero-order valence-corrected chi connectivity index (χ0v) is 16.5. The van der Waals surface area contributed by atoms with Crippen molar-refractivity contribution in [3.05, 3.63) is 65.2 Å². The molecule has 0 unspecified atom stereocenters. The van der Waals surface area contributed by atoms with Crippen molar-refractivity contribution < 1.29 is 19.0 Å². The number of carbonyl (C=O) groups excluding carboxylic acids is 1. The third-order valence-corrected chi connectivity index (χ3v) is 4.72. The summed E-state index contributed by atoms with van der Waals surface area (Å²) in [4.78, 5) is 14.8. The summed E-state index contributed by atoms with van der Waals surface area (Å²) in [6.45, 7) is 6.34. The molecule has 28 heavy (non-hydrogen) atoms. The summed E-state index contributed by atoms with van der Waals surface area (Å²) < 4.78 is 16.2. The van der Waals surface area contributed by atoms with Gasteiger partial charge < -0.3 is 19.1 Å². The number of ether oxygens (including phenoxy) is 3. The second-order valence-electron chi connectivity index (χ2n) is 6.55. The maximum absolute atomic E-state index is 12.5. The van der Waals surface area contributed by atoms with Crippen molar-refractivity contribution in [2.75, 3.05) is 44.9 Å². The summed E-state index contributed by atoms with van der Waals surface area (Å²) in [6, 6.07) is 13.6. The van der Waals surface area contributed by atoms with Crippen LogP contribution in [0.15, 0.2) is 48.5 Å². The van der Waals surface area contributed by atoms with Crippen LogP contribution in [0.5, 0.6) is 5.75 Å². The molecule has 1 saturated heterocycles. The Morgan fingerprint density at radius 1 is 1.14 bits per heavy atom. The third kappa shape index (κ3) is 5.21. The van der Waals surface area contributed by atoms with E-state index in [0.29, 0.717) is 18.8 Å². The molecular weight excluding hydrogens is 354 g/mol. The number of nitrogens with zero attached hydrogens (tertiary/aromatic N) is 1. The molecule has 1 aliphatic rings. The molecule has 2 aromatic carbocycles. The van der Waals surface area contributed by atoms with Gasteiger partial charge in [-0.25, -0.2) is 0 Å². The summed E-state index contributed by atoms with van der Waals surface area (Å²) in [5, 5.41) is 0. The van der Waals surface area contributed by atoms with Crippen LogP contribution in [0, 0.1) is 0 Å². The molecule has 3 rings (SSSR count). The summed E-state index contributed by atoms with van der Waals surface area (Å²) in [6.07, 6.45) is 3.43. The number of methoxy groups -OCH3 is 1. The van der Waals surface area contributed by atoms with Crippen LogP contribution in [-0.2, 0) is 16.1 Å². The number of rotatable bonds is 8. The van der Waals surface area contributed by atoms with Crippen molar-refractivity contribution in [1.82, 2.24) is 0 Å². The van der Waals surface area contributed by atoms with Gasteiger partial charge in [-0.05, 0) is 55.0 Å². The van der Waals surface area contributed by atoms with Gasteiger partial charge in [0.1, 0.15) is 5.75 Å². The maximum atomic E-state index is 12.5. The molecule has 0 bridgehead atoms. The van der Waals surface area contributed by atoms with Gasteiger partial charge in [0.2, 0.25) is 0 Å². The highest BCUT2D eigenvalue weighted by atomic mass is 16.5. The maximum Gasteiger partial charge on any atom is 0.185 e. The average molecular weight is 381 g/mol. The van der Waals surface area contributed by atoms with E-state index < -0.39 is 0 Å². The Hall–Kier alpha value is -2.63. The fourth-order valence-electron chi connectivity index (χ4n) is 3.15. The predicted molar refractivity (Wildman–Crippen MR) is 111 cm³/mol. The van der Waals surface area contributed by atoms with E-state index in [1.807, 2.05) is 55.5 Å². The highest BCUT2D eigenvalue weighted by Crippen LogP contribution is 2.22. The number of allylic oxidation sites excluding steroid dienone is 1. The van der Waals surface area contributed by atoms with Gasteiger partial charge >= 0.3 is 0 Å². The number of hydrogen-bond acceptors (Lipinski definition) is 5. The number of anilines is 1. The first-order valence-electron chi connectivity index (χ1n) is 9.61. The van der Waals surface area contributed by atoms with E-state index in [4.69, 9.17) is 14.2 Å². The average Bonchev–Trinajstić information content (AvgIpc) is 2.76. The first-order chi connectivity index (χ1) is 13.7. The molecule has 1 fully saturated rings. The van der Waals surface area contributed by atoms with E-state index in [1.165, 1.54) is 0 Å². The lowest BCUT2D eigenvalue weighted by Crippen LogP contribution is -2.36. The van der Waals surface area contributed by atoms with E-state index >= 15 is 0 Å². The van der Waals surface area contributed by atoms with Crippen LogP contribution in [0.1, 0.15) is 28.4 Å². The van der Waals surface area contributed by atoms with Crippen molar-refractivity contribution in [2.24, 2.45) is 0 Å². The molecule has 0 saturated carbocycles. The first-order valence-corrected chi connectivity index (χ1v) is 9.61. The van der Waals surface area contributed by atoms with E-state index in [2.05, 4.69) is 4.90 Å². The second kappa shape index (κ2) is 10.1. The zero-order valence-electron chi connectivity index (χ0n) is 16.5. The molecule has 5 heteroatoms. The van der Waals surface area contributed by atoms with Crippen LogP contribution in [0.25, 0.3) is 6.08 Å². The van der Waals surface area contributed by atoms with Crippen molar-refractivity contribution in [3.8, 4) is 5.75 Å². The molecular formula is C23H27NO4. The molecule has 2 aromatic rings. The normalized spacial score (nSPS) is 14.4. The Morgan fingerprint density at radius 3 is 2.57 bits per heavy atom. The Labute approximate surface area is 166 Å². The zero-order chi connectivity index (χ0) is 19.8. The number of ketones is 1. The fourth-order valence-corrected chi connectivity index (χ4v) is 3.15. The highest BCUT2D eigenvalue weighted by molar-refractivity contribution is 6.07. The monoisotopic (exact) mass is 381 g/mol. The van der Waals surface area contributed by atoms with Gasteiger partial charge in [-0.1, -0.05) is 12.1 Å². The van der Waals surface area contributed by atoms with Crippen molar-refractivity contribution in [2.45, 2.75) is 13.5 Å². The van der Waals surface area contributed by atoms with Crippen LogP contribution in [-0.4, -0.2) is 45.8 Å². The van der Waals surface area contributed by atoms with E-state index in [0.717, 1.165) is 48.9 Å². The SMILES string of the molecule is CCOCc1cc(/C=C/C(=O)c2ccc(N3CCOCC3)cc2)ccc1OC. The molecule has 0 amide bonds. The minimum Gasteiger partial charge on any atom is -0.496 e. The topological polar surface area (TPSA) is 48.0 Å². The number of hydrogen-bond donors (Lipinski definition) is 0. The van der Waals surface area contributed by atoms with Crippen LogP contribution in [0.2, 0.25) is 0 Å². The largest absolute Gasteiger partial charge is 0.496 e. The summed E-state index contributed by atoms with van der Waals surface area (Å²) in [5.41, 5.74) is 3.71. The Kier molecular flexibility index (Phi) is 7.23. The molecule has 1 aliphatic heterocycles. The number of morpholine rings is 1. The Morgan fingerprint density at radius 2 is 1.89 bits per heavy atom. The van der Waals surface area contributed by atoms with Crippen molar-refractivity contribution >= 4 is 17.5 Å². The van der Waals surface area contributed by atoms with Crippen LogP contribution < -0.4 is 9.64 Å². The molecule has 5 nitrogen and oxygen atoms in total. The molecule has 1 heterocycles. The second-order valence-corrected chi connectivity index (χ2v) is 6.55. The van der Waals surface area contributed by atoms with Crippen LogP contribution in [0.4, 0.5) is 5.69 Å². The Bertz CT molecular complexity index is 808. The molecule has 0 spiro atoms. The van der Waals surface area contributed by atoms with Gasteiger partial charge in [0, 0.05) is 36.5 Å².